The van der Waals surface area contributed by atoms with Crippen LogP contribution in [-0.2, 0) is 13.5 Å². The van der Waals surface area contributed by atoms with Crippen molar-refractivity contribution in [3.8, 4) is 0 Å². The molecule has 84 valence electrons. The van der Waals surface area contributed by atoms with Gasteiger partial charge in [0, 0.05) is 12.6 Å². The van der Waals surface area contributed by atoms with Gasteiger partial charge in [0.05, 0.1) is 11.8 Å². The van der Waals surface area contributed by atoms with Gasteiger partial charge in [-0.25, -0.2) is 0 Å². The predicted molar refractivity (Wildman–Crippen MR) is 60.0 cm³/mol. The summed E-state index contributed by atoms with van der Waals surface area (Å²) < 4.78 is 1.72. The van der Waals surface area contributed by atoms with Crippen LogP contribution in [0.15, 0.2) is 0 Å². The van der Waals surface area contributed by atoms with Gasteiger partial charge >= 0.3 is 0 Å². The quantitative estimate of drug-likeness (QED) is 0.842. The minimum absolute atomic E-state index is 0.106. The number of halogens is 1. The summed E-state index contributed by atoms with van der Waals surface area (Å²) in [5.41, 5.74) is 2.17. The van der Waals surface area contributed by atoms with E-state index in [1.807, 2.05) is 14.0 Å². The molecule has 15 heavy (non-hydrogen) atoms. The summed E-state index contributed by atoms with van der Waals surface area (Å²) >= 11 is 6.17. The molecule has 1 saturated carbocycles. The molecule has 2 unspecified atom stereocenters. The molecular formula is C11H17ClN2O. The van der Waals surface area contributed by atoms with Gasteiger partial charge in [-0.2, -0.15) is 5.10 Å². The first-order valence-electron chi connectivity index (χ1n) is 5.44. The summed E-state index contributed by atoms with van der Waals surface area (Å²) in [7, 11) is 1.86. The smallest absolute Gasteiger partial charge is 0.130 e. The van der Waals surface area contributed by atoms with Crippen LogP contribution in [0.3, 0.4) is 0 Å². The number of aromatic nitrogens is 2. The van der Waals surface area contributed by atoms with Crippen molar-refractivity contribution in [3.63, 3.8) is 0 Å². The Balaban J connectivity index is 2.10. The van der Waals surface area contributed by atoms with E-state index in [0.29, 0.717) is 5.92 Å². The molecular weight excluding hydrogens is 212 g/mol. The Morgan fingerprint density at radius 1 is 1.53 bits per heavy atom. The van der Waals surface area contributed by atoms with Gasteiger partial charge in [0.1, 0.15) is 5.15 Å². The van der Waals surface area contributed by atoms with Crippen LogP contribution >= 0.6 is 11.6 Å². The Bertz CT molecular complexity index is 362. The Labute approximate surface area is 95.0 Å². The molecule has 4 heteroatoms. The SMILES string of the molecule is Cc1nn(C)c(Cl)c1CC1CCC(O)C1. The van der Waals surface area contributed by atoms with Crippen molar-refractivity contribution in [1.82, 2.24) is 9.78 Å². The summed E-state index contributed by atoms with van der Waals surface area (Å²) in [5, 5.41) is 14.5. The van der Waals surface area contributed by atoms with Crippen molar-refractivity contribution < 1.29 is 5.11 Å². The second-order valence-corrected chi connectivity index (χ2v) is 4.87. The maximum Gasteiger partial charge on any atom is 0.130 e. The minimum atomic E-state index is -0.106. The molecule has 1 aromatic heterocycles. The fourth-order valence-corrected chi connectivity index (χ4v) is 2.68. The lowest BCUT2D eigenvalue weighted by Crippen LogP contribution is -2.04. The second kappa shape index (κ2) is 4.14. The molecule has 2 atom stereocenters. The van der Waals surface area contributed by atoms with E-state index in [1.165, 1.54) is 0 Å². The van der Waals surface area contributed by atoms with Gasteiger partial charge in [-0.15, -0.1) is 0 Å². The molecule has 1 aromatic rings. The number of nitrogens with zero attached hydrogens (tertiary/aromatic N) is 2. The Morgan fingerprint density at radius 3 is 2.73 bits per heavy atom. The Morgan fingerprint density at radius 2 is 2.27 bits per heavy atom. The molecule has 0 aliphatic heterocycles. The number of aliphatic hydroxyl groups excluding tert-OH is 1. The molecule has 3 nitrogen and oxygen atoms in total. The predicted octanol–water partition coefficient (Wildman–Crippen LogP) is 2.09. The van der Waals surface area contributed by atoms with Crippen molar-refractivity contribution in [2.24, 2.45) is 13.0 Å². The summed E-state index contributed by atoms with van der Waals surface area (Å²) in [6.45, 7) is 1.99. The Kier molecular flexibility index (Phi) is 3.03. The lowest BCUT2D eigenvalue weighted by molar-refractivity contribution is 0.177. The van der Waals surface area contributed by atoms with Crippen LogP contribution in [0.25, 0.3) is 0 Å². The maximum atomic E-state index is 9.47. The van der Waals surface area contributed by atoms with Crippen LogP contribution in [0.1, 0.15) is 30.5 Å². The standard InChI is InChI=1S/C11H17ClN2O/c1-7-10(11(12)14(2)13-7)6-8-3-4-9(15)5-8/h8-9,15H,3-6H2,1-2H3. The first-order chi connectivity index (χ1) is 7.08. The number of hydrogen-bond acceptors (Lipinski definition) is 2. The zero-order valence-corrected chi connectivity index (χ0v) is 9.96. The average Bonchev–Trinajstić information content (AvgIpc) is 2.67. The van der Waals surface area contributed by atoms with Crippen molar-refractivity contribution in [1.29, 1.82) is 0 Å². The highest BCUT2D eigenvalue weighted by Gasteiger charge is 2.25. The molecule has 1 N–H and O–H groups in total. The van der Waals surface area contributed by atoms with Gasteiger partial charge in [0.15, 0.2) is 0 Å². The summed E-state index contributed by atoms with van der Waals surface area (Å²) in [6, 6.07) is 0. The number of rotatable bonds is 2. The van der Waals surface area contributed by atoms with Gasteiger partial charge in [-0.3, -0.25) is 4.68 Å². The summed E-state index contributed by atoms with van der Waals surface area (Å²) in [5.74, 6) is 0.570. The zero-order chi connectivity index (χ0) is 11.0. The van der Waals surface area contributed by atoms with E-state index in [2.05, 4.69) is 5.10 Å². The normalized spacial score (nSPS) is 26.1. The highest BCUT2D eigenvalue weighted by Crippen LogP contribution is 2.31. The number of hydrogen-bond donors (Lipinski definition) is 1. The second-order valence-electron chi connectivity index (χ2n) is 4.52. The van der Waals surface area contributed by atoms with E-state index < -0.39 is 0 Å². The monoisotopic (exact) mass is 228 g/mol. The topological polar surface area (TPSA) is 38.0 Å². The molecule has 0 bridgehead atoms. The van der Waals surface area contributed by atoms with Crippen LogP contribution in [0.4, 0.5) is 0 Å². The molecule has 0 aromatic carbocycles. The highest BCUT2D eigenvalue weighted by molar-refractivity contribution is 6.30. The summed E-state index contributed by atoms with van der Waals surface area (Å²) in [4.78, 5) is 0. The van der Waals surface area contributed by atoms with Gasteiger partial charge < -0.3 is 5.11 Å². The number of aryl methyl sites for hydroxylation is 2. The van der Waals surface area contributed by atoms with Crippen LogP contribution in [0, 0.1) is 12.8 Å². The van der Waals surface area contributed by atoms with Crippen LogP contribution in [0.5, 0.6) is 0 Å². The largest absolute Gasteiger partial charge is 0.393 e. The fourth-order valence-electron chi connectivity index (χ4n) is 2.43. The van der Waals surface area contributed by atoms with E-state index in [-0.39, 0.29) is 6.10 Å². The molecule has 0 amide bonds. The third-order valence-electron chi connectivity index (χ3n) is 3.28. The van der Waals surface area contributed by atoms with Crippen molar-refractivity contribution in [2.45, 2.75) is 38.7 Å². The molecule has 0 saturated heterocycles. The third kappa shape index (κ3) is 2.18. The molecule has 1 aliphatic rings. The van der Waals surface area contributed by atoms with Crippen molar-refractivity contribution in [2.75, 3.05) is 0 Å². The molecule has 1 fully saturated rings. The Hall–Kier alpha value is -0.540. The van der Waals surface area contributed by atoms with E-state index in [9.17, 15) is 5.11 Å². The van der Waals surface area contributed by atoms with Gasteiger partial charge in [0.25, 0.3) is 0 Å². The molecule has 1 aliphatic carbocycles. The van der Waals surface area contributed by atoms with E-state index >= 15 is 0 Å². The minimum Gasteiger partial charge on any atom is -0.393 e. The van der Waals surface area contributed by atoms with E-state index in [4.69, 9.17) is 11.6 Å². The fraction of sp³-hybridized carbons (Fsp3) is 0.727. The first kappa shape index (κ1) is 11.0. The zero-order valence-electron chi connectivity index (χ0n) is 9.20. The van der Waals surface area contributed by atoms with Gasteiger partial charge in [-0.05, 0) is 38.5 Å². The average molecular weight is 229 g/mol. The maximum absolute atomic E-state index is 9.47. The molecule has 1 heterocycles. The van der Waals surface area contributed by atoms with E-state index in [1.54, 1.807) is 4.68 Å². The first-order valence-corrected chi connectivity index (χ1v) is 5.81. The van der Waals surface area contributed by atoms with E-state index in [0.717, 1.165) is 42.1 Å². The van der Waals surface area contributed by atoms with Gasteiger partial charge in [0.2, 0.25) is 0 Å². The molecule has 2 rings (SSSR count). The van der Waals surface area contributed by atoms with Crippen LogP contribution < -0.4 is 0 Å². The molecule has 0 radical (unpaired) electrons. The third-order valence-corrected chi connectivity index (χ3v) is 3.75. The van der Waals surface area contributed by atoms with Crippen LogP contribution in [-0.4, -0.2) is 21.0 Å². The van der Waals surface area contributed by atoms with Gasteiger partial charge in [-0.1, -0.05) is 11.6 Å². The van der Waals surface area contributed by atoms with Crippen molar-refractivity contribution >= 4 is 11.6 Å². The summed E-state index contributed by atoms with van der Waals surface area (Å²) in [6.07, 6.45) is 3.79. The lowest BCUT2D eigenvalue weighted by atomic mass is 9.98. The molecule has 0 spiro atoms. The van der Waals surface area contributed by atoms with Crippen LogP contribution in [0.2, 0.25) is 5.15 Å². The number of aliphatic hydroxyl groups is 1. The lowest BCUT2D eigenvalue weighted by Gasteiger charge is -2.08. The highest BCUT2D eigenvalue weighted by atomic mass is 35.5. The van der Waals surface area contributed by atoms with Crippen molar-refractivity contribution in [3.05, 3.63) is 16.4 Å².